The lowest BCUT2D eigenvalue weighted by Crippen LogP contribution is -2.40. The van der Waals surface area contributed by atoms with Gasteiger partial charge in [0.1, 0.15) is 0 Å². The van der Waals surface area contributed by atoms with Crippen molar-refractivity contribution in [2.24, 2.45) is 5.73 Å². The molecule has 0 radical (unpaired) electrons. The fourth-order valence-electron chi connectivity index (χ4n) is 2.96. The van der Waals surface area contributed by atoms with Crippen LogP contribution in [0.15, 0.2) is 24.3 Å². The monoisotopic (exact) mass is 363 g/mol. The van der Waals surface area contributed by atoms with Crippen LogP contribution >= 0.6 is 11.3 Å². The number of piperidine rings is 1. The van der Waals surface area contributed by atoms with E-state index in [9.17, 15) is 14.9 Å². The van der Waals surface area contributed by atoms with E-state index in [1.807, 2.05) is 4.90 Å². The molecule has 1 aliphatic rings. The first-order valence-electron chi connectivity index (χ1n) is 8.37. The van der Waals surface area contributed by atoms with E-state index >= 15 is 0 Å². The van der Waals surface area contributed by atoms with Crippen LogP contribution in [0, 0.1) is 10.1 Å². The first kappa shape index (κ1) is 17.8. The first-order valence-corrected chi connectivity index (χ1v) is 9.19. The van der Waals surface area contributed by atoms with Crippen LogP contribution in [-0.2, 0) is 4.74 Å². The molecule has 1 aromatic heterocycles. The van der Waals surface area contributed by atoms with Gasteiger partial charge in [-0.3, -0.25) is 14.9 Å². The number of nitrogens with two attached hydrogens (primary N) is 1. The Hall–Kier alpha value is -2.03. The molecule has 2 heterocycles. The van der Waals surface area contributed by atoms with E-state index in [2.05, 4.69) is 0 Å². The Balaban J connectivity index is 1.63. The third-order valence-corrected chi connectivity index (χ3v) is 5.46. The van der Waals surface area contributed by atoms with Crippen LogP contribution in [0.5, 0.6) is 0 Å². The van der Waals surface area contributed by atoms with Crippen LogP contribution in [0.4, 0.5) is 5.69 Å². The van der Waals surface area contributed by atoms with Crippen molar-refractivity contribution in [1.82, 2.24) is 4.90 Å². The number of carbonyl (C=O) groups excluding carboxylic acids is 1. The normalized spacial score (nSPS) is 15.6. The number of nitro benzene ring substituents is 1. The highest BCUT2D eigenvalue weighted by molar-refractivity contribution is 7.20. The third kappa shape index (κ3) is 4.15. The molecule has 8 heteroatoms. The molecule has 0 aliphatic carbocycles. The van der Waals surface area contributed by atoms with Gasteiger partial charge in [0.05, 0.1) is 15.9 Å². The quantitative estimate of drug-likeness (QED) is 0.483. The van der Waals surface area contributed by atoms with Crippen molar-refractivity contribution < 1.29 is 14.5 Å². The van der Waals surface area contributed by atoms with Crippen molar-refractivity contribution in [2.75, 3.05) is 26.2 Å². The predicted octanol–water partition coefficient (Wildman–Crippen LogP) is 2.78. The van der Waals surface area contributed by atoms with Crippen molar-refractivity contribution in [3.05, 3.63) is 39.3 Å². The van der Waals surface area contributed by atoms with Gasteiger partial charge < -0.3 is 15.4 Å². The summed E-state index contributed by atoms with van der Waals surface area (Å²) in [5.74, 6) is -0.00994. The zero-order valence-corrected chi connectivity index (χ0v) is 14.7. The minimum absolute atomic E-state index is 0.00994. The maximum atomic E-state index is 12.7. The number of ether oxygens (including phenoxy) is 1. The molecular weight excluding hydrogens is 342 g/mol. The number of non-ortho nitro benzene ring substituents is 1. The van der Waals surface area contributed by atoms with Gasteiger partial charge in [-0.15, -0.1) is 11.3 Å². The third-order valence-electron chi connectivity index (χ3n) is 4.35. The standard InChI is InChI=1S/C17H21N3O4S/c18-6-1-9-24-14-4-7-19(8-5-14)17(21)16-11-12-10-13(20(22)23)2-3-15(12)25-16/h2-3,10-11,14H,1,4-9,18H2. The summed E-state index contributed by atoms with van der Waals surface area (Å²) in [5.41, 5.74) is 5.50. The maximum Gasteiger partial charge on any atom is 0.270 e. The number of amides is 1. The molecule has 1 aliphatic heterocycles. The van der Waals surface area contributed by atoms with Crippen LogP contribution in [0.2, 0.25) is 0 Å². The van der Waals surface area contributed by atoms with Gasteiger partial charge in [-0.1, -0.05) is 0 Å². The van der Waals surface area contributed by atoms with Crippen LogP contribution in [-0.4, -0.2) is 48.1 Å². The average Bonchev–Trinajstić information content (AvgIpc) is 3.05. The second-order valence-electron chi connectivity index (χ2n) is 6.09. The van der Waals surface area contributed by atoms with E-state index in [-0.39, 0.29) is 17.7 Å². The number of benzene rings is 1. The molecule has 1 fully saturated rings. The van der Waals surface area contributed by atoms with Crippen LogP contribution in [0.1, 0.15) is 28.9 Å². The molecule has 2 N–H and O–H groups in total. The van der Waals surface area contributed by atoms with Crippen LogP contribution in [0.3, 0.4) is 0 Å². The minimum Gasteiger partial charge on any atom is -0.378 e. The van der Waals surface area contributed by atoms with E-state index in [4.69, 9.17) is 10.5 Å². The summed E-state index contributed by atoms with van der Waals surface area (Å²) in [6.07, 6.45) is 2.70. The molecule has 0 saturated carbocycles. The van der Waals surface area contributed by atoms with Gasteiger partial charge >= 0.3 is 0 Å². The lowest BCUT2D eigenvalue weighted by Gasteiger charge is -2.31. The first-order chi connectivity index (χ1) is 12.1. The molecule has 0 atom stereocenters. The number of nitrogens with zero attached hydrogens (tertiary/aromatic N) is 2. The van der Waals surface area contributed by atoms with Gasteiger partial charge in [0.25, 0.3) is 11.6 Å². The number of hydrogen-bond donors (Lipinski definition) is 1. The second kappa shape index (κ2) is 7.90. The highest BCUT2D eigenvalue weighted by Crippen LogP contribution is 2.30. The zero-order chi connectivity index (χ0) is 17.8. The van der Waals surface area contributed by atoms with Gasteiger partial charge in [0, 0.05) is 41.9 Å². The topological polar surface area (TPSA) is 98.7 Å². The number of hydrogen-bond acceptors (Lipinski definition) is 6. The Bertz CT molecular complexity index is 768. The van der Waals surface area contributed by atoms with Crippen molar-refractivity contribution in [3.63, 3.8) is 0 Å². The van der Waals surface area contributed by atoms with E-state index in [1.165, 1.54) is 23.5 Å². The smallest absolute Gasteiger partial charge is 0.270 e. The van der Waals surface area contributed by atoms with Crippen molar-refractivity contribution in [1.29, 1.82) is 0 Å². The number of thiophene rings is 1. The number of nitro groups is 1. The van der Waals surface area contributed by atoms with Gasteiger partial charge in [0.15, 0.2) is 0 Å². The van der Waals surface area contributed by atoms with Crippen LogP contribution in [0.25, 0.3) is 10.1 Å². The summed E-state index contributed by atoms with van der Waals surface area (Å²) in [6, 6.07) is 6.43. The van der Waals surface area contributed by atoms with Gasteiger partial charge in [0.2, 0.25) is 0 Å². The molecule has 25 heavy (non-hydrogen) atoms. The second-order valence-corrected chi connectivity index (χ2v) is 7.18. The summed E-state index contributed by atoms with van der Waals surface area (Å²) in [5, 5.41) is 11.6. The molecular formula is C17H21N3O4S. The van der Waals surface area contributed by atoms with Gasteiger partial charge in [-0.2, -0.15) is 0 Å². The van der Waals surface area contributed by atoms with Gasteiger partial charge in [-0.05, 0) is 37.9 Å². The van der Waals surface area contributed by atoms with Crippen LogP contribution < -0.4 is 5.73 Å². The number of carbonyl (C=O) groups is 1. The molecule has 134 valence electrons. The largest absolute Gasteiger partial charge is 0.378 e. The predicted molar refractivity (Wildman–Crippen MR) is 97.0 cm³/mol. The average molecular weight is 363 g/mol. The molecule has 1 saturated heterocycles. The van der Waals surface area contributed by atoms with E-state index in [0.717, 1.165) is 29.3 Å². The van der Waals surface area contributed by atoms with E-state index < -0.39 is 4.92 Å². The highest BCUT2D eigenvalue weighted by Gasteiger charge is 2.25. The molecule has 0 unspecified atom stereocenters. The number of rotatable bonds is 6. The van der Waals surface area contributed by atoms with E-state index in [0.29, 0.717) is 31.1 Å². The lowest BCUT2D eigenvalue weighted by molar-refractivity contribution is -0.384. The molecule has 3 rings (SSSR count). The van der Waals surface area contributed by atoms with E-state index in [1.54, 1.807) is 12.1 Å². The Morgan fingerprint density at radius 3 is 2.80 bits per heavy atom. The van der Waals surface area contributed by atoms with Crippen molar-refractivity contribution >= 4 is 33.0 Å². The van der Waals surface area contributed by atoms with Crippen molar-refractivity contribution in [2.45, 2.75) is 25.4 Å². The molecule has 0 bridgehead atoms. The summed E-state index contributed by atoms with van der Waals surface area (Å²) in [4.78, 5) is 25.6. The maximum absolute atomic E-state index is 12.7. The number of likely N-dealkylation sites (tertiary alicyclic amines) is 1. The fraction of sp³-hybridized carbons (Fsp3) is 0.471. The molecule has 1 aromatic carbocycles. The molecule has 7 nitrogen and oxygen atoms in total. The number of fused-ring (bicyclic) bond motifs is 1. The minimum atomic E-state index is -0.423. The fourth-order valence-corrected chi connectivity index (χ4v) is 3.98. The molecule has 0 spiro atoms. The molecule has 2 aromatic rings. The Morgan fingerprint density at radius 1 is 1.36 bits per heavy atom. The summed E-state index contributed by atoms with van der Waals surface area (Å²) >= 11 is 1.38. The summed E-state index contributed by atoms with van der Waals surface area (Å²) < 4.78 is 6.64. The SMILES string of the molecule is NCCCOC1CCN(C(=O)c2cc3cc([N+](=O)[O-])ccc3s2)CC1. The Labute approximate surface area is 149 Å². The van der Waals surface area contributed by atoms with Crippen molar-refractivity contribution in [3.8, 4) is 0 Å². The summed E-state index contributed by atoms with van der Waals surface area (Å²) in [7, 11) is 0. The summed E-state index contributed by atoms with van der Waals surface area (Å²) in [6.45, 7) is 2.63. The van der Waals surface area contributed by atoms with Gasteiger partial charge in [-0.25, -0.2) is 0 Å². The molecule has 1 amide bonds. The Kier molecular flexibility index (Phi) is 5.62. The zero-order valence-electron chi connectivity index (χ0n) is 13.8. The lowest BCUT2D eigenvalue weighted by atomic mass is 10.1. The highest BCUT2D eigenvalue weighted by atomic mass is 32.1. The Morgan fingerprint density at radius 2 is 2.12 bits per heavy atom.